The molecule has 0 aromatic carbocycles. The van der Waals surface area contributed by atoms with Gasteiger partial charge in [-0.15, -0.1) is 0 Å². The van der Waals surface area contributed by atoms with Crippen LogP contribution in [0.1, 0.15) is 66.9 Å². The third kappa shape index (κ3) is 2.49. The summed E-state index contributed by atoms with van der Waals surface area (Å²) in [6.45, 7) is 18.9. The van der Waals surface area contributed by atoms with Gasteiger partial charge in [-0.2, -0.15) is 10.2 Å². The maximum Gasteiger partial charge on any atom is 0.0174 e. The van der Waals surface area contributed by atoms with Gasteiger partial charge < -0.3 is 3.97 Å². The summed E-state index contributed by atoms with van der Waals surface area (Å²) in [5.41, 5.74) is 1.47. The van der Waals surface area contributed by atoms with Crippen LogP contribution in [0.15, 0.2) is 18.5 Å². The quantitative estimate of drug-likeness (QED) is 0.674. The largest absolute Gasteiger partial charge is 0.317 e. The number of nitrogens with zero attached hydrogens (tertiary/aromatic N) is 1. The maximum atomic E-state index is 2.57. The van der Waals surface area contributed by atoms with Crippen molar-refractivity contribution in [3.63, 3.8) is 0 Å². The van der Waals surface area contributed by atoms with Crippen LogP contribution in [0.4, 0.5) is 0 Å². The Morgan fingerprint density at radius 3 is 1.56 bits per heavy atom. The highest BCUT2D eigenvalue weighted by Crippen LogP contribution is 2.61. The summed E-state index contributed by atoms with van der Waals surface area (Å²) in [6, 6.07) is 2.31. The van der Waals surface area contributed by atoms with E-state index in [1.807, 2.05) is 0 Å². The van der Waals surface area contributed by atoms with Crippen LogP contribution in [-0.4, -0.2) is 19.7 Å². The van der Waals surface area contributed by atoms with Crippen molar-refractivity contribution in [3.8, 4) is 0 Å². The Morgan fingerprint density at radius 2 is 1.28 bits per heavy atom. The minimum absolute atomic E-state index is 0.620. The van der Waals surface area contributed by atoms with Crippen LogP contribution in [0.5, 0.6) is 0 Å². The number of aromatic nitrogens is 1. The van der Waals surface area contributed by atoms with Gasteiger partial charge in [0.25, 0.3) is 0 Å². The summed E-state index contributed by atoms with van der Waals surface area (Å²) in [4.78, 5) is 0. The Morgan fingerprint density at radius 1 is 0.833 bits per heavy atom. The van der Waals surface area contributed by atoms with Crippen molar-refractivity contribution in [3.05, 3.63) is 24.0 Å². The second-order valence-corrected chi connectivity index (χ2v) is 11.0. The molecule has 0 saturated carbocycles. The average Bonchev–Trinajstić information content (AvgIpc) is 2.66. The SMILES string of the molecule is CC(C)c1ccn(S(C(C)C)(C(C)C)C(C)C)c1. The molecule has 0 N–H and O–H groups in total. The molecule has 0 aliphatic carbocycles. The lowest BCUT2D eigenvalue weighted by molar-refractivity contribution is 0.862. The van der Waals surface area contributed by atoms with Gasteiger partial charge in [-0.3, -0.25) is 0 Å². The fourth-order valence-electron chi connectivity index (χ4n) is 3.29. The Hall–Kier alpha value is -0.370. The normalized spacial score (nSPS) is 14.2. The van der Waals surface area contributed by atoms with Gasteiger partial charge in [0.2, 0.25) is 0 Å². The van der Waals surface area contributed by atoms with E-state index in [0.717, 1.165) is 0 Å². The molecule has 0 bridgehead atoms. The zero-order valence-corrected chi connectivity index (χ0v) is 14.2. The van der Waals surface area contributed by atoms with E-state index in [-0.39, 0.29) is 0 Å². The zero-order valence-electron chi connectivity index (χ0n) is 13.4. The lowest BCUT2D eigenvalue weighted by Gasteiger charge is -2.52. The number of rotatable bonds is 5. The van der Waals surface area contributed by atoms with Crippen LogP contribution in [0.25, 0.3) is 0 Å². The van der Waals surface area contributed by atoms with Crippen molar-refractivity contribution >= 4 is 10.2 Å². The summed E-state index contributed by atoms with van der Waals surface area (Å²) >= 11 is 0. The van der Waals surface area contributed by atoms with E-state index in [2.05, 4.69) is 77.8 Å². The molecule has 0 aliphatic heterocycles. The summed E-state index contributed by atoms with van der Waals surface area (Å²) in [7, 11) is -0.821. The third-order valence-electron chi connectivity index (χ3n) is 3.99. The van der Waals surface area contributed by atoms with Crippen molar-refractivity contribution in [2.45, 2.75) is 77.1 Å². The van der Waals surface area contributed by atoms with Crippen LogP contribution in [-0.2, 0) is 0 Å². The Labute approximate surface area is 115 Å². The van der Waals surface area contributed by atoms with E-state index >= 15 is 0 Å². The first kappa shape index (κ1) is 15.7. The van der Waals surface area contributed by atoms with E-state index in [0.29, 0.717) is 21.7 Å². The first-order chi connectivity index (χ1) is 8.24. The molecular weight excluding hydrogens is 238 g/mol. The molecule has 1 nitrogen and oxygen atoms in total. The third-order valence-corrected chi connectivity index (χ3v) is 9.48. The molecule has 0 atom stereocenters. The standard InChI is InChI=1S/C16H31NS/c1-12(2)16-9-10-17(11-16)18(13(3)4,14(5)6)15(7)8/h9-15H,1-8H3. The molecule has 0 aliphatic rings. The molecule has 0 fully saturated rings. The number of hydrogen-bond acceptors (Lipinski definition) is 0. The predicted octanol–water partition coefficient (Wildman–Crippen LogP) is 5.40. The lowest BCUT2D eigenvalue weighted by Crippen LogP contribution is -2.33. The molecule has 106 valence electrons. The van der Waals surface area contributed by atoms with Gasteiger partial charge in [0.15, 0.2) is 0 Å². The fraction of sp³-hybridized carbons (Fsp3) is 0.750. The van der Waals surface area contributed by atoms with Crippen molar-refractivity contribution in [2.75, 3.05) is 0 Å². The summed E-state index contributed by atoms with van der Waals surface area (Å²) in [5.74, 6) is 0.620. The van der Waals surface area contributed by atoms with Crippen LogP contribution in [0, 0.1) is 0 Å². The van der Waals surface area contributed by atoms with Crippen molar-refractivity contribution < 1.29 is 0 Å². The molecule has 1 aromatic rings. The van der Waals surface area contributed by atoms with E-state index in [9.17, 15) is 0 Å². The van der Waals surface area contributed by atoms with Gasteiger partial charge in [-0.05, 0) is 17.5 Å². The lowest BCUT2D eigenvalue weighted by atomic mass is 10.1. The topological polar surface area (TPSA) is 4.93 Å². The molecule has 18 heavy (non-hydrogen) atoms. The van der Waals surface area contributed by atoms with Gasteiger partial charge >= 0.3 is 0 Å². The molecule has 0 amide bonds. The molecule has 0 saturated heterocycles. The summed E-state index contributed by atoms with van der Waals surface area (Å²) in [6.07, 6.45) is 4.73. The fourth-order valence-corrected chi connectivity index (χ4v) is 8.60. The van der Waals surface area contributed by atoms with Gasteiger partial charge in [-0.1, -0.05) is 55.4 Å². The Kier molecular flexibility index (Phi) is 4.99. The minimum Gasteiger partial charge on any atom is -0.317 e. The maximum absolute atomic E-state index is 2.57. The first-order valence-corrected chi connectivity index (χ1v) is 9.00. The molecule has 1 rings (SSSR count). The Balaban J connectivity index is 3.33. The zero-order chi connectivity index (χ0) is 14.1. The average molecular weight is 269 g/mol. The van der Waals surface area contributed by atoms with E-state index < -0.39 is 10.2 Å². The van der Waals surface area contributed by atoms with E-state index in [4.69, 9.17) is 0 Å². The van der Waals surface area contributed by atoms with Gasteiger partial charge in [0.1, 0.15) is 0 Å². The van der Waals surface area contributed by atoms with Crippen LogP contribution < -0.4 is 0 Å². The predicted molar refractivity (Wildman–Crippen MR) is 86.9 cm³/mol. The smallest absolute Gasteiger partial charge is 0.0174 e. The van der Waals surface area contributed by atoms with E-state index in [1.165, 1.54) is 5.56 Å². The minimum atomic E-state index is -0.821. The molecule has 0 spiro atoms. The van der Waals surface area contributed by atoms with Gasteiger partial charge in [0, 0.05) is 28.1 Å². The van der Waals surface area contributed by atoms with Crippen molar-refractivity contribution in [1.29, 1.82) is 0 Å². The molecular formula is C16H31NS. The first-order valence-electron chi connectivity index (χ1n) is 7.22. The Bertz CT molecular complexity index is 352. The van der Waals surface area contributed by atoms with Crippen molar-refractivity contribution in [2.24, 2.45) is 0 Å². The second-order valence-electron chi connectivity index (χ2n) is 6.33. The van der Waals surface area contributed by atoms with Crippen LogP contribution >= 0.6 is 10.2 Å². The molecule has 0 unspecified atom stereocenters. The summed E-state index contributed by atoms with van der Waals surface area (Å²) in [5, 5.41) is 2.14. The van der Waals surface area contributed by atoms with E-state index in [1.54, 1.807) is 0 Å². The molecule has 1 aromatic heterocycles. The molecule has 1 heterocycles. The molecule has 0 radical (unpaired) electrons. The second kappa shape index (κ2) is 5.73. The highest BCUT2D eigenvalue weighted by atomic mass is 32.3. The van der Waals surface area contributed by atoms with Gasteiger partial charge in [-0.25, -0.2) is 0 Å². The van der Waals surface area contributed by atoms with Crippen molar-refractivity contribution in [1.82, 2.24) is 3.97 Å². The van der Waals surface area contributed by atoms with Crippen LogP contribution in [0.3, 0.4) is 0 Å². The van der Waals surface area contributed by atoms with Crippen LogP contribution in [0.2, 0.25) is 0 Å². The highest BCUT2D eigenvalue weighted by Gasteiger charge is 2.36. The highest BCUT2D eigenvalue weighted by molar-refractivity contribution is 8.33. The monoisotopic (exact) mass is 269 g/mol. The molecule has 2 heteroatoms. The van der Waals surface area contributed by atoms with Gasteiger partial charge in [0.05, 0.1) is 0 Å². The number of hydrogen-bond donors (Lipinski definition) is 0. The summed E-state index contributed by atoms with van der Waals surface area (Å²) < 4.78 is 2.57.